The van der Waals surface area contributed by atoms with Crippen molar-refractivity contribution >= 4 is 5.97 Å². The molecule has 0 saturated carbocycles. The van der Waals surface area contributed by atoms with Crippen molar-refractivity contribution in [2.45, 2.75) is 38.4 Å². The monoisotopic (exact) mass is 308 g/mol. The highest BCUT2D eigenvalue weighted by Crippen LogP contribution is 2.35. The zero-order chi connectivity index (χ0) is 15.4. The van der Waals surface area contributed by atoms with Crippen LogP contribution in [0.15, 0.2) is 18.2 Å². The van der Waals surface area contributed by atoms with Crippen molar-refractivity contribution in [3.05, 3.63) is 18.2 Å². The van der Waals surface area contributed by atoms with Gasteiger partial charge in [0, 0.05) is 12.7 Å². The van der Waals surface area contributed by atoms with Gasteiger partial charge in [-0.05, 0) is 38.3 Å². The molecule has 22 heavy (non-hydrogen) atoms. The van der Waals surface area contributed by atoms with Gasteiger partial charge < -0.3 is 23.7 Å². The molecule has 1 saturated heterocycles. The van der Waals surface area contributed by atoms with Gasteiger partial charge in [-0.25, -0.2) is 4.79 Å². The van der Waals surface area contributed by atoms with E-state index >= 15 is 0 Å². The second-order valence-corrected chi connectivity index (χ2v) is 5.40. The molecule has 3 rings (SSSR count). The first-order chi connectivity index (χ1) is 10.7. The molecule has 2 aliphatic rings. The summed E-state index contributed by atoms with van der Waals surface area (Å²) >= 11 is 0. The summed E-state index contributed by atoms with van der Waals surface area (Å²) in [5, 5.41) is 0. The summed E-state index contributed by atoms with van der Waals surface area (Å²) in [4.78, 5) is 12.0. The van der Waals surface area contributed by atoms with Gasteiger partial charge in [0.2, 0.25) is 6.79 Å². The van der Waals surface area contributed by atoms with Crippen molar-refractivity contribution < 1.29 is 28.5 Å². The van der Waals surface area contributed by atoms with Crippen molar-refractivity contribution in [2.75, 3.05) is 20.0 Å². The van der Waals surface area contributed by atoms with E-state index in [1.54, 1.807) is 25.1 Å². The number of esters is 1. The highest BCUT2D eigenvalue weighted by Gasteiger charge is 2.21. The number of rotatable bonds is 5. The summed E-state index contributed by atoms with van der Waals surface area (Å²) in [7, 11) is 0. The van der Waals surface area contributed by atoms with Crippen LogP contribution in [0.1, 0.15) is 26.2 Å². The minimum Gasteiger partial charge on any atom is -0.454 e. The van der Waals surface area contributed by atoms with Crippen LogP contribution in [0.3, 0.4) is 0 Å². The number of benzene rings is 1. The summed E-state index contributed by atoms with van der Waals surface area (Å²) < 4.78 is 26.9. The summed E-state index contributed by atoms with van der Waals surface area (Å²) in [6.45, 7) is 3.05. The van der Waals surface area contributed by atoms with Crippen molar-refractivity contribution in [1.29, 1.82) is 0 Å². The van der Waals surface area contributed by atoms with Gasteiger partial charge in [0.05, 0.1) is 12.7 Å². The molecule has 0 spiro atoms. The maximum absolute atomic E-state index is 12.0. The molecular formula is C16H20O6. The zero-order valence-corrected chi connectivity index (χ0v) is 12.6. The second-order valence-electron chi connectivity index (χ2n) is 5.40. The van der Waals surface area contributed by atoms with Crippen molar-refractivity contribution in [1.82, 2.24) is 0 Å². The third kappa shape index (κ3) is 3.69. The van der Waals surface area contributed by atoms with Gasteiger partial charge in [-0.15, -0.1) is 0 Å². The zero-order valence-electron chi connectivity index (χ0n) is 12.6. The van der Waals surface area contributed by atoms with Gasteiger partial charge in [-0.2, -0.15) is 0 Å². The average Bonchev–Trinajstić information content (AvgIpc) is 3.01. The molecule has 120 valence electrons. The Bertz CT molecular complexity index is 523. The minimum atomic E-state index is -0.643. The molecular weight excluding hydrogens is 288 g/mol. The molecule has 2 atom stereocenters. The van der Waals surface area contributed by atoms with Gasteiger partial charge in [0.25, 0.3) is 0 Å². The molecule has 2 aliphatic heterocycles. The molecule has 0 aliphatic carbocycles. The lowest BCUT2D eigenvalue weighted by Gasteiger charge is -2.23. The van der Waals surface area contributed by atoms with Gasteiger partial charge in [-0.3, -0.25) is 0 Å². The van der Waals surface area contributed by atoms with Crippen LogP contribution >= 0.6 is 0 Å². The number of hydrogen-bond acceptors (Lipinski definition) is 6. The van der Waals surface area contributed by atoms with Gasteiger partial charge in [0.15, 0.2) is 17.6 Å². The van der Waals surface area contributed by atoms with Crippen molar-refractivity contribution in [2.24, 2.45) is 0 Å². The number of carbonyl (C=O) groups is 1. The van der Waals surface area contributed by atoms with E-state index in [2.05, 4.69) is 0 Å². The lowest BCUT2D eigenvalue weighted by atomic mass is 10.1. The smallest absolute Gasteiger partial charge is 0.340 e. The van der Waals surface area contributed by atoms with E-state index in [4.69, 9.17) is 23.7 Å². The van der Waals surface area contributed by atoms with E-state index in [0.29, 0.717) is 23.9 Å². The topological polar surface area (TPSA) is 63.2 Å². The summed E-state index contributed by atoms with van der Waals surface area (Å²) in [5.41, 5.74) is 0. The molecule has 0 radical (unpaired) electrons. The number of fused-ring (bicyclic) bond motifs is 1. The van der Waals surface area contributed by atoms with Crippen LogP contribution in [0.5, 0.6) is 17.2 Å². The van der Waals surface area contributed by atoms with Crippen LogP contribution in [0.4, 0.5) is 0 Å². The Morgan fingerprint density at radius 2 is 2.18 bits per heavy atom. The maximum atomic E-state index is 12.0. The lowest BCUT2D eigenvalue weighted by molar-refractivity contribution is -0.149. The molecule has 6 nitrogen and oxygen atoms in total. The molecule has 0 aromatic heterocycles. The first kappa shape index (κ1) is 15.1. The quantitative estimate of drug-likeness (QED) is 0.614. The Labute approximate surface area is 129 Å². The predicted octanol–water partition coefficient (Wildman–Crippen LogP) is 2.29. The van der Waals surface area contributed by atoms with Crippen LogP contribution in [-0.4, -0.2) is 38.2 Å². The fourth-order valence-corrected chi connectivity index (χ4v) is 2.40. The van der Waals surface area contributed by atoms with Gasteiger partial charge in [-0.1, -0.05) is 0 Å². The number of carbonyl (C=O) groups excluding carboxylic acids is 1. The first-order valence-corrected chi connectivity index (χ1v) is 7.57. The minimum absolute atomic E-state index is 0.0783. The molecule has 1 aromatic rings. The summed E-state index contributed by atoms with van der Waals surface area (Å²) in [5.74, 6) is 1.21. The standard InChI is InChI=1S/C16H20O6/c1-11(19-9-13-4-2-3-7-18-13)16(17)22-12-5-6-14-15(8-12)21-10-20-14/h5-6,8,11,13H,2-4,7,9-10H2,1H3. The third-order valence-electron chi connectivity index (χ3n) is 3.70. The van der Waals surface area contributed by atoms with Crippen molar-refractivity contribution in [3.63, 3.8) is 0 Å². The molecule has 1 aromatic carbocycles. The van der Waals surface area contributed by atoms with Crippen LogP contribution in [0.25, 0.3) is 0 Å². The molecule has 2 unspecified atom stereocenters. The highest BCUT2D eigenvalue weighted by atomic mass is 16.7. The lowest BCUT2D eigenvalue weighted by Crippen LogP contribution is -2.31. The fraction of sp³-hybridized carbons (Fsp3) is 0.562. The van der Waals surface area contributed by atoms with E-state index < -0.39 is 12.1 Å². The fourth-order valence-electron chi connectivity index (χ4n) is 2.40. The SMILES string of the molecule is CC(OCC1CCCCO1)C(=O)Oc1ccc2c(c1)OCO2. The average molecular weight is 308 g/mol. The van der Waals surface area contributed by atoms with E-state index in [0.717, 1.165) is 25.9 Å². The van der Waals surface area contributed by atoms with Crippen LogP contribution in [0.2, 0.25) is 0 Å². The van der Waals surface area contributed by atoms with E-state index in [9.17, 15) is 4.79 Å². The normalized spacial score (nSPS) is 21.4. The van der Waals surface area contributed by atoms with Gasteiger partial charge in [0.1, 0.15) is 5.75 Å². The maximum Gasteiger partial charge on any atom is 0.340 e. The largest absolute Gasteiger partial charge is 0.454 e. The van der Waals surface area contributed by atoms with Crippen LogP contribution in [0, 0.1) is 0 Å². The summed E-state index contributed by atoms with van der Waals surface area (Å²) in [6, 6.07) is 5.02. The molecule has 0 bridgehead atoms. The third-order valence-corrected chi connectivity index (χ3v) is 3.70. The number of ether oxygens (including phenoxy) is 5. The first-order valence-electron chi connectivity index (χ1n) is 7.57. The summed E-state index contributed by atoms with van der Waals surface area (Å²) in [6.07, 6.45) is 2.65. The van der Waals surface area contributed by atoms with Gasteiger partial charge >= 0.3 is 5.97 Å². The number of hydrogen-bond donors (Lipinski definition) is 0. The van der Waals surface area contributed by atoms with Crippen LogP contribution in [-0.2, 0) is 14.3 Å². The molecule has 2 heterocycles. The molecule has 1 fully saturated rings. The Hall–Kier alpha value is -1.79. The Kier molecular flexibility index (Phi) is 4.80. The molecule has 0 N–H and O–H groups in total. The molecule has 6 heteroatoms. The highest BCUT2D eigenvalue weighted by molar-refractivity contribution is 5.77. The Balaban J connectivity index is 1.48. The van der Waals surface area contributed by atoms with E-state index in [1.165, 1.54) is 0 Å². The van der Waals surface area contributed by atoms with Crippen molar-refractivity contribution in [3.8, 4) is 17.2 Å². The van der Waals surface area contributed by atoms with Crippen LogP contribution < -0.4 is 14.2 Å². The van der Waals surface area contributed by atoms with E-state index in [-0.39, 0.29) is 12.9 Å². The molecule has 0 amide bonds. The Morgan fingerprint density at radius 1 is 1.32 bits per heavy atom. The second kappa shape index (κ2) is 6.98. The van der Waals surface area contributed by atoms with E-state index in [1.807, 2.05) is 0 Å². The predicted molar refractivity (Wildman–Crippen MR) is 77.2 cm³/mol. The Morgan fingerprint density at radius 3 is 3.00 bits per heavy atom.